The summed E-state index contributed by atoms with van der Waals surface area (Å²) in [5.74, 6) is -1.69. The lowest BCUT2D eigenvalue weighted by molar-refractivity contribution is 0.0403. The topological polar surface area (TPSA) is 46.2 Å². The molecule has 0 heterocycles. The Morgan fingerprint density at radius 3 is 2.47 bits per heavy atom. The summed E-state index contributed by atoms with van der Waals surface area (Å²) in [5, 5.41) is 9.96. The Hall–Kier alpha value is -1.00. The zero-order valence-corrected chi connectivity index (χ0v) is 9.79. The zero-order valence-electron chi connectivity index (χ0n) is 9.79. The number of rotatable bonds is 3. The van der Waals surface area contributed by atoms with Crippen LogP contribution in [-0.2, 0) is 0 Å². The minimum atomic E-state index is -0.934. The summed E-state index contributed by atoms with van der Waals surface area (Å²) in [6, 6.07) is 2.09. The van der Waals surface area contributed by atoms with Crippen LogP contribution in [0.4, 0.5) is 8.78 Å². The van der Waals surface area contributed by atoms with Crippen molar-refractivity contribution in [3.05, 3.63) is 34.9 Å². The molecule has 2 rings (SSSR count). The zero-order chi connectivity index (χ0) is 12.6. The van der Waals surface area contributed by atoms with Crippen molar-refractivity contribution in [2.45, 2.75) is 38.3 Å². The first-order valence-corrected chi connectivity index (χ1v) is 5.90. The van der Waals surface area contributed by atoms with E-state index in [1.54, 1.807) is 0 Å². The summed E-state index contributed by atoms with van der Waals surface area (Å²) < 4.78 is 27.1. The van der Waals surface area contributed by atoms with Crippen molar-refractivity contribution in [3.8, 4) is 0 Å². The molecular formula is C13H17F2NO. The van der Waals surface area contributed by atoms with E-state index < -0.39 is 23.8 Å². The van der Waals surface area contributed by atoms with Crippen LogP contribution >= 0.6 is 0 Å². The van der Waals surface area contributed by atoms with Crippen molar-refractivity contribution < 1.29 is 13.9 Å². The lowest BCUT2D eigenvalue weighted by atomic mass is 9.77. The summed E-state index contributed by atoms with van der Waals surface area (Å²) in [7, 11) is 0. The normalized spacial score (nSPS) is 19.8. The highest BCUT2D eigenvalue weighted by molar-refractivity contribution is 5.28. The van der Waals surface area contributed by atoms with Crippen LogP contribution < -0.4 is 5.73 Å². The summed E-state index contributed by atoms with van der Waals surface area (Å²) >= 11 is 0. The van der Waals surface area contributed by atoms with E-state index in [2.05, 4.69) is 0 Å². The Morgan fingerprint density at radius 1 is 1.29 bits per heavy atom. The Kier molecular flexibility index (Phi) is 3.45. The van der Waals surface area contributed by atoms with Gasteiger partial charge >= 0.3 is 0 Å². The average Bonchev–Trinajstić information content (AvgIpc) is 2.23. The molecule has 94 valence electrons. The minimum absolute atomic E-state index is 0.0625. The van der Waals surface area contributed by atoms with Gasteiger partial charge in [-0.2, -0.15) is 0 Å². The van der Waals surface area contributed by atoms with Crippen molar-refractivity contribution in [3.63, 3.8) is 0 Å². The highest BCUT2D eigenvalue weighted by Crippen LogP contribution is 2.35. The monoisotopic (exact) mass is 241 g/mol. The number of halogens is 2. The fourth-order valence-electron chi connectivity index (χ4n) is 2.18. The molecule has 3 N–H and O–H groups in total. The molecule has 1 aromatic rings. The van der Waals surface area contributed by atoms with Crippen molar-refractivity contribution >= 4 is 0 Å². The number of hydrogen-bond acceptors (Lipinski definition) is 2. The Labute approximate surface area is 99.4 Å². The Balaban J connectivity index is 2.24. The molecule has 1 aromatic carbocycles. The number of aliphatic hydroxyl groups is 1. The lowest BCUT2D eigenvalue weighted by Gasteiger charge is -2.34. The molecule has 1 aliphatic rings. The Morgan fingerprint density at radius 2 is 1.94 bits per heavy atom. The van der Waals surface area contributed by atoms with Crippen molar-refractivity contribution in [2.75, 3.05) is 0 Å². The highest BCUT2D eigenvalue weighted by atomic mass is 19.2. The summed E-state index contributed by atoms with van der Waals surface area (Å²) in [5.41, 5.74) is 6.12. The molecule has 0 radical (unpaired) electrons. The summed E-state index contributed by atoms with van der Waals surface area (Å²) in [4.78, 5) is 0. The quantitative estimate of drug-likeness (QED) is 0.853. The van der Waals surface area contributed by atoms with Crippen LogP contribution in [-0.4, -0.2) is 11.2 Å². The first kappa shape index (κ1) is 12.5. The van der Waals surface area contributed by atoms with Crippen LogP contribution in [0.5, 0.6) is 0 Å². The fourth-order valence-corrected chi connectivity index (χ4v) is 2.18. The summed E-state index contributed by atoms with van der Waals surface area (Å²) in [6.45, 7) is 1.50. The number of aliphatic hydroxyl groups excluding tert-OH is 1. The first-order valence-electron chi connectivity index (χ1n) is 5.90. The predicted octanol–water partition coefficient (Wildman–Crippen LogP) is 2.43. The highest BCUT2D eigenvalue weighted by Gasteiger charge is 2.32. The average molecular weight is 241 g/mol. The van der Waals surface area contributed by atoms with Gasteiger partial charge in [-0.3, -0.25) is 0 Å². The molecule has 1 saturated carbocycles. The van der Waals surface area contributed by atoms with Crippen LogP contribution in [0.25, 0.3) is 0 Å². The van der Waals surface area contributed by atoms with Crippen LogP contribution in [0.1, 0.15) is 36.4 Å². The van der Waals surface area contributed by atoms with Gasteiger partial charge in [-0.1, -0.05) is 18.6 Å². The number of benzene rings is 1. The first-order chi connectivity index (χ1) is 8.02. The molecular weight excluding hydrogens is 224 g/mol. The largest absolute Gasteiger partial charge is 0.391 e. The molecule has 0 saturated heterocycles. The molecule has 0 amide bonds. The Bertz CT molecular complexity index is 418. The maximum Gasteiger partial charge on any atom is 0.163 e. The molecule has 1 aliphatic carbocycles. The van der Waals surface area contributed by atoms with Crippen LogP contribution in [0.3, 0.4) is 0 Å². The third kappa shape index (κ3) is 2.19. The van der Waals surface area contributed by atoms with E-state index in [9.17, 15) is 13.9 Å². The second kappa shape index (κ2) is 4.70. The minimum Gasteiger partial charge on any atom is -0.391 e. The van der Waals surface area contributed by atoms with Gasteiger partial charge in [0.05, 0.1) is 12.1 Å². The number of aryl methyl sites for hydroxylation is 1. The van der Waals surface area contributed by atoms with Crippen LogP contribution in [0.15, 0.2) is 12.1 Å². The third-order valence-electron chi connectivity index (χ3n) is 3.67. The van der Waals surface area contributed by atoms with Gasteiger partial charge in [-0.15, -0.1) is 0 Å². The van der Waals surface area contributed by atoms with Gasteiger partial charge < -0.3 is 10.8 Å². The fraction of sp³-hybridized carbons (Fsp3) is 0.538. The molecule has 0 spiro atoms. The van der Waals surface area contributed by atoms with E-state index >= 15 is 0 Å². The standard InChI is InChI=1S/C13H17F2NO/c1-7-5-6-9(11(15)10(7)14)12(16)13(17)8-3-2-4-8/h5-6,8,12-13,17H,2-4,16H2,1H3/t12-,13+/m1/s1. The maximum atomic E-state index is 13.7. The predicted molar refractivity (Wildman–Crippen MR) is 61.4 cm³/mol. The molecule has 0 aliphatic heterocycles. The second-order valence-corrected chi connectivity index (χ2v) is 4.81. The van der Waals surface area contributed by atoms with Gasteiger partial charge in [0.1, 0.15) is 0 Å². The van der Waals surface area contributed by atoms with Gasteiger partial charge in [0.25, 0.3) is 0 Å². The smallest absolute Gasteiger partial charge is 0.163 e. The van der Waals surface area contributed by atoms with E-state index in [1.165, 1.54) is 19.1 Å². The summed E-state index contributed by atoms with van der Waals surface area (Å²) in [6.07, 6.45) is 2.09. The van der Waals surface area contributed by atoms with Crippen molar-refractivity contribution in [1.29, 1.82) is 0 Å². The van der Waals surface area contributed by atoms with E-state index in [0.29, 0.717) is 0 Å². The molecule has 2 nitrogen and oxygen atoms in total. The SMILES string of the molecule is Cc1ccc([C@@H](N)[C@@H](O)C2CCC2)c(F)c1F. The van der Waals surface area contributed by atoms with E-state index in [1.807, 2.05) is 0 Å². The number of hydrogen-bond donors (Lipinski definition) is 2. The van der Waals surface area contributed by atoms with Gasteiger partial charge in [0.2, 0.25) is 0 Å². The molecule has 0 unspecified atom stereocenters. The second-order valence-electron chi connectivity index (χ2n) is 4.81. The number of nitrogens with two attached hydrogens (primary N) is 1. The third-order valence-corrected chi connectivity index (χ3v) is 3.67. The van der Waals surface area contributed by atoms with Gasteiger partial charge in [-0.05, 0) is 31.2 Å². The van der Waals surface area contributed by atoms with Crippen LogP contribution in [0, 0.1) is 24.5 Å². The molecule has 0 aromatic heterocycles. The van der Waals surface area contributed by atoms with Gasteiger partial charge in [0.15, 0.2) is 11.6 Å². The van der Waals surface area contributed by atoms with Crippen molar-refractivity contribution in [2.24, 2.45) is 11.7 Å². The van der Waals surface area contributed by atoms with Crippen molar-refractivity contribution in [1.82, 2.24) is 0 Å². The van der Waals surface area contributed by atoms with E-state index in [4.69, 9.17) is 5.73 Å². The van der Waals surface area contributed by atoms with Gasteiger partial charge in [-0.25, -0.2) is 8.78 Å². The molecule has 1 fully saturated rings. The molecule has 0 bridgehead atoms. The van der Waals surface area contributed by atoms with E-state index in [-0.39, 0.29) is 17.0 Å². The maximum absolute atomic E-state index is 13.7. The molecule has 17 heavy (non-hydrogen) atoms. The van der Waals surface area contributed by atoms with Crippen LogP contribution in [0.2, 0.25) is 0 Å². The molecule has 4 heteroatoms. The lowest BCUT2D eigenvalue weighted by Crippen LogP contribution is -2.37. The van der Waals surface area contributed by atoms with Gasteiger partial charge in [0, 0.05) is 5.56 Å². The van der Waals surface area contributed by atoms with E-state index in [0.717, 1.165) is 19.3 Å². The molecule has 2 atom stereocenters.